The van der Waals surface area contributed by atoms with Crippen molar-refractivity contribution in [1.29, 1.82) is 0 Å². The van der Waals surface area contributed by atoms with Crippen LogP contribution in [0.15, 0.2) is 18.2 Å². The molecule has 20 heavy (non-hydrogen) atoms. The van der Waals surface area contributed by atoms with E-state index in [1.807, 2.05) is 0 Å². The summed E-state index contributed by atoms with van der Waals surface area (Å²) in [7, 11) is 2.19. The van der Waals surface area contributed by atoms with Gasteiger partial charge in [0.25, 0.3) is 0 Å². The molecule has 2 atom stereocenters. The van der Waals surface area contributed by atoms with Crippen LogP contribution in [0.4, 0.5) is 5.69 Å². The van der Waals surface area contributed by atoms with Crippen molar-refractivity contribution in [3.8, 4) is 0 Å². The Kier molecular flexibility index (Phi) is 5.06. The Morgan fingerprint density at radius 2 is 2.15 bits per heavy atom. The summed E-state index contributed by atoms with van der Waals surface area (Å²) in [6.45, 7) is 10.5. The van der Waals surface area contributed by atoms with E-state index in [-0.39, 0.29) is 0 Å². The van der Waals surface area contributed by atoms with E-state index in [4.69, 9.17) is 4.74 Å². The van der Waals surface area contributed by atoms with E-state index >= 15 is 0 Å². The quantitative estimate of drug-likeness (QED) is 0.894. The maximum absolute atomic E-state index is 5.71. The van der Waals surface area contributed by atoms with Crippen LogP contribution in [0, 0.1) is 6.92 Å². The number of hydrogen-bond acceptors (Lipinski definition) is 3. The molecule has 3 nitrogen and oxygen atoms in total. The summed E-state index contributed by atoms with van der Waals surface area (Å²) >= 11 is 0. The molecular weight excluding hydrogens is 248 g/mol. The molecular formula is C17H28N2O. The van der Waals surface area contributed by atoms with E-state index in [1.54, 1.807) is 0 Å². The minimum absolute atomic E-state index is 0.312. The third-order valence-corrected chi connectivity index (χ3v) is 4.15. The summed E-state index contributed by atoms with van der Waals surface area (Å²) < 4.78 is 5.71. The molecule has 1 aliphatic rings. The first-order chi connectivity index (χ1) is 9.49. The Morgan fingerprint density at radius 3 is 2.75 bits per heavy atom. The van der Waals surface area contributed by atoms with Crippen molar-refractivity contribution >= 4 is 5.69 Å². The second-order valence-electron chi connectivity index (χ2n) is 6.21. The molecule has 1 fully saturated rings. The summed E-state index contributed by atoms with van der Waals surface area (Å²) in [4.78, 5) is 2.40. The van der Waals surface area contributed by atoms with Crippen molar-refractivity contribution in [1.82, 2.24) is 5.32 Å². The molecule has 1 aromatic carbocycles. The van der Waals surface area contributed by atoms with Crippen LogP contribution in [0.1, 0.15) is 38.3 Å². The summed E-state index contributed by atoms with van der Waals surface area (Å²) in [6, 6.07) is 7.72. The molecule has 0 saturated carbocycles. The van der Waals surface area contributed by atoms with Gasteiger partial charge in [0.2, 0.25) is 0 Å². The Balaban J connectivity index is 2.20. The second-order valence-corrected chi connectivity index (χ2v) is 6.21. The van der Waals surface area contributed by atoms with Gasteiger partial charge in [-0.25, -0.2) is 0 Å². The van der Waals surface area contributed by atoms with Crippen LogP contribution in [-0.2, 0) is 11.3 Å². The standard InChI is InChI=1S/C17H28N2O/c1-12(2)18-11-15-10-13(3)6-7-17(15)19(5)16-8-9-20-14(16)4/h6-7,10,12,14,16,18H,8-9,11H2,1-5H3. The van der Waals surface area contributed by atoms with Crippen LogP contribution in [-0.4, -0.2) is 31.8 Å². The lowest BCUT2D eigenvalue weighted by Gasteiger charge is -2.31. The number of benzene rings is 1. The van der Waals surface area contributed by atoms with Crippen molar-refractivity contribution in [3.05, 3.63) is 29.3 Å². The highest BCUT2D eigenvalue weighted by molar-refractivity contribution is 5.55. The van der Waals surface area contributed by atoms with Crippen LogP contribution >= 0.6 is 0 Å². The van der Waals surface area contributed by atoms with Gasteiger partial charge in [0, 0.05) is 31.9 Å². The lowest BCUT2D eigenvalue weighted by molar-refractivity contribution is 0.118. The molecule has 0 radical (unpaired) electrons. The van der Waals surface area contributed by atoms with E-state index in [9.17, 15) is 0 Å². The SMILES string of the molecule is Cc1ccc(N(C)C2CCOC2C)c(CNC(C)C)c1. The lowest BCUT2D eigenvalue weighted by Crippen LogP contribution is -2.37. The van der Waals surface area contributed by atoms with E-state index < -0.39 is 0 Å². The van der Waals surface area contributed by atoms with Crippen LogP contribution < -0.4 is 10.2 Å². The average Bonchev–Trinajstić information content (AvgIpc) is 2.82. The summed E-state index contributed by atoms with van der Waals surface area (Å²) in [5.74, 6) is 0. The minimum atomic E-state index is 0.312. The molecule has 0 aliphatic carbocycles. The molecule has 0 aromatic heterocycles. The van der Waals surface area contributed by atoms with E-state index in [0.29, 0.717) is 18.2 Å². The smallest absolute Gasteiger partial charge is 0.0750 e. The fraction of sp³-hybridized carbons (Fsp3) is 0.647. The predicted octanol–water partition coefficient (Wildman–Crippen LogP) is 3.11. The van der Waals surface area contributed by atoms with E-state index in [2.05, 4.69) is 63.2 Å². The van der Waals surface area contributed by atoms with Crippen molar-refractivity contribution in [2.24, 2.45) is 0 Å². The Labute approximate surface area is 123 Å². The van der Waals surface area contributed by atoms with Crippen molar-refractivity contribution in [2.75, 3.05) is 18.6 Å². The molecule has 112 valence electrons. The number of nitrogens with zero attached hydrogens (tertiary/aromatic N) is 1. The van der Waals surface area contributed by atoms with Crippen LogP contribution in [0.3, 0.4) is 0 Å². The molecule has 2 unspecified atom stereocenters. The minimum Gasteiger partial charge on any atom is -0.376 e. The largest absolute Gasteiger partial charge is 0.376 e. The molecule has 1 heterocycles. The maximum atomic E-state index is 5.71. The maximum Gasteiger partial charge on any atom is 0.0750 e. The van der Waals surface area contributed by atoms with Crippen LogP contribution in [0.5, 0.6) is 0 Å². The van der Waals surface area contributed by atoms with Gasteiger partial charge in [-0.1, -0.05) is 31.5 Å². The molecule has 0 bridgehead atoms. The summed E-state index contributed by atoms with van der Waals surface area (Å²) in [6.07, 6.45) is 1.43. The fourth-order valence-corrected chi connectivity index (χ4v) is 2.92. The van der Waals surface area contributed by atoms with E-state index in [0.717, 1.165) is 19.6 Å². The normalized spacial score (nSPS) is 22.5. The second kappa shape index (κ2) is 6.59. The Bertz CT molecular complexity index is 445. The molecule has 2 rings (SSSR count). The number of hydrogen-bond donors (Lipinski definition) is 1. The highest BCUT2D eigenvalue weighted by atomic mass is 16.5. The number of rotatable bonds is 5. The highest BCUT2D eigenvalue weighted by Gasteiger charge is 2.28. The summed E-state index contributed by atoms with van der Waals surface area (Å²) in [5.41, 5.74) is 4.02. The summed E-state index contributed by atoms with van der Waals surface area (Å²) in [5, 5.41) is 3.53. The third kappa shape index (κ3) is 3.53. The van der Waals surface area contributed by atoms with Crippen molar-refractivity contribution < 1.29 is 4.74 Å². The molecule has 1 N–H and O–H groups in total. The van der Waals surface area contributed by atoms with Gasteiger partial charge in [0.15, 0.2) is 0 Å². The van der Waals surface area contributed by atoms with Gasteiger partial charge in [0.1, 0.15) is 0 Å². The molecule has 0 spiro atoms. The lowest BCUT2D eigenvalue weighted by atomic mass is 10.0. The van der Waals surface area contributed by atoms with Gasteiger partial charge >= 0.3 is 0 Å². The monoisotopic (exact) mass is 276 g/mol. The zero-order valence-electron chi connectivity index (χ0n) is 13.4. The topological polar surface area (TPSA) is 24.5 Å². The molecule has 1 aromatic rings. The van der Waals surface area contributed by atoms with Crippen LogP contribution in [0.2, 0.25) is 0 Å². The molecule has 3 heteroatoms. The number of likely N-dealkylation sites (N-methyl/N-ethyl adjacent to an activating group) is 1. The third-order valence-electron chi connectivity index (χ3n) is 4.15. The van der Waals surface area contributed by atoms with Gasteiger partial charge in [-0.05, 0) is 31.9 Å². The van der Waals surface area contributed by atoms with E-state index in [1.165, 1.54) is 16.8 Å². The highest BCUT2D eigenvalue weighted by Crippen LogP contribution is 2.28. The first-order valence-electron chi connectivity index (χ1n) is 7.66. The predicted molar refractivity (Wildman–Crippen MR) is 85.4 cm³/mol. The Morgan fingerprint density at radius 1 is 1.40 bits per heavy atom. The van der Waals surface area contributed by atoms with Gasteiger partial charge in [-0.2, -0.15) is 0 Å². The molecule has 0 amide bonds. The van der Waals surface area contributed by atoms with Gasteiger partial charge in [0.05, 0.1) is 12.1 Å². The number of ether oxygens (including phenoxy) is 1. The first-order valence-corrected chi connectivity index (χ1v) is 7.66. The number of aryl methyl sites for hydroxylation is 1. The van der Waals surface area contributed by atoms with Gasteiger partial charge in [-0.15, -0.1) is 0 Å². The first kappa shape index (κ1) is 15.3. The van der Waals surface area contributed by atoms with Gasteiger partial charge in [-0.3, -0.25) is 0 Å². The van der Waals surface area contributed by atoms with Gasteiger partial charge < -0.3 is 15.0 Å². The number of anilines is 1. The Hall–Kier alpha value is -1.06. The van der Waals surface area contributed by atoms with Crippen molar-refractivity contribution in [2.45, 2.75) is 58.8 Å². The van der Waals surface area contributed by atoms with Crippen LogP contribution in [0.25, 0.3) is 0 Å². The molecule has 1 aliphatic heterocycles. The molecule has 1 saturated heterocycles. The average molecular weight is 276 g/mol. The zero-order valence-corrected chi connectivity index (χ0v) is 13.4. The fourth-order valence-electron chi connectivity index (χ4n) is 2.92. The number of nitrogens with one attached hydrogen (secondary N) is 1. The van der Waals surface area contributed by atoms with Crippen molar-refractivity contribution in [3.63, 3.8) is 0 Å². The zero-order chi connectivity index (χ0) is 14.7.